The molecule has 0 aromatic heterocycles. The molecule has 1 aliphatic rings. The van der Waals surface area contributed by atoms with Gasteiger partial charge >= 0.3 is 0 Å². The summed E-state index contributed by atoms with van der Waals surface area (Å²) in [4.78, 5) is 0. The van der Waals surface area contributed by atoms with Crippen LogP contribution in [-0.4, -0.2) is 11.0 Å². The molecule has 3 nitrogen and oxygen atoms in total. The first-order valence-corrected chi connectivity index (χ1v) is 5.43. The molecule has 2 atom stereocenters. The average molecular weight is 226 g/mol. The molecule has 6 N–H and O–H groups in total. The van der Waals surface area contributed by atoms with E-state index in [4.69, 9.17) is 0 Å². The fourth-order valence-electron chi connectivity index (χ4n) is 2.51. The van der Waals surface area contributed by atoms with Crippen molar-refractivity contribution < 1.29 is 11.0 Å². The summed E-state index contributed by atoms with van der Waals surface area (Å²) in [6.07, 6.45) is 5.67. The Balaban J connectivity index is 0. The Kier molecular flexibility index (Phi) is 9.05. The Morgan fingerprint density at radius 1 is 1.00 bits per heavy atom. The summed E-state index contributed by atoms with van der Waals surface area (Å²) in [5.41, 5.74) is 1.55. The van der Waals surface area contributed by atoms with Crippen molar-refractivity contribution in [3.63, 3.8) is 0 Å². The zero-order valence-corrected chi connectivity index (χ0v) is 10.0. The van der Waals surface area contributed by atoms with Crippen molar-refractivity contribution >= 4 is 0 Å². The Bertz CT molecular complexity index is 264. The van der Waals surface area contributed by atoms with E-state index < -0.39 is 0 Å². The van der Waals surface area contributed by atoms with E-state index >= 15 is 0 Å². The molecule has 2 rings (SSSR count). The predicted octanol–water partition coefficient (Wildman–Crippen LogP) is 3.14. The van der Waals surface area contributed by atoms with E-state index in [1.807, 2.05) is 0 Å². The largest absolute Gasteiger partial charge is 0.412 e. The lowest BCUT2D eigenvalue weighted by atomic mass is 9.76. The van der Waals surface area contributed by atoms with Crippen LogP contribution in [0.3, 0.4) is 0 Å². The van der Waals surface area contributed by atoms with Crippen LogP contribution >= 0.6 is 0 Å². The predicted molar refractivity (Wildman–Crippen MR) is 67.4 cm³/mol. The first-order valence-electron chi connectivity index (χ1n) is 5.43. The van der Waals surface area contributed by atoms with Gasteiger partial charge in [0.15, 0.2) is 0 Å². The summed E-state index contributed by atoms with van der Waals surface area (Å²) in [7, 11) is 0. The van der Waals surface area contributed by atoms with E-state index in [9.17, 15) is 0 Å². The van der Waals surface area contributed by atoms with Crippen LogP contribution in [0.4, 0.5) is 0 Å². The van der Waals surface area contributed by atoms with E-state index in [1.165, 1.54) is 25.7 Å². The van der Waals surface area contributed by atoms with Crippen LogP contribution in [0.5, 0.6) is 0 Å². The maximum atomic E-state index is 2.40. The second-order valence-electron chi connectivity index (χ2n) is 4.28. The minimum Gasteiger partial charge on any atom is -0.412 e. The van der Waals surface area contributed by atoms with Gasteiger partial charge in [-0.15, -0.1) is 0 Å². The van der Waals surface area contributed by atoms with Crippen molar-refractivity contribution in [2.45, 2.75) is 38.5 Å². The average Bonchev–Trinajstić information content (AvgIpc) is 2.20. The molecule has 1 aromatic carbocycles. The van der Waals surface area contributed by atoms with Gasteiger partial charge in [-0.25, -0.2) is 0 Å². The number of hydrogen-bond acceptors (Lipinski definition) is 1. The zero-order chi connectivity index (χ0) is 9.10. The highest BCUT2D eigenvalue weighted by atomic mass is 16.0. The van der Waals surface area contributed by atoms with Gasteiger partial charge in [0.05, 0.1) is 0 Å². The third kappa shape index (κ3) is 3.93. The molecule has 1 aromatic rings. The molecule has 93 valence electrons. The molecule has 0 bridgehead atoms. The van der Waals surface area contributed by atoms with Crippen LogP contribution in [0.1, 0.15) is 44.1 Å². The molecule has 1 aliphatic carbocycles. The molecule has 1 fully saturated rings. The van der Waals surface area contributed by atoms with E-state index in [-0.39, 0.29) is 17.1 Å². The molecule has 0 saturated heterocycles. The van der Waals surface area contributed by atoms with Crippen LogP contribution in [-0.2, 0) is 0 Å². The summed E-state index contributed by atoms with van der Waals surface area (Å²) in [6, 6.07) is 11.0. The minimum atomic E-state index is 0. The summed E-state index contributed by atoms with van der Waals surface area (Å²) in [5, 5.41) is 0. The summed E-state index contributed by atoms with van der Waals surface area (Å²) < 4.78 is 0. The van der Waals surface area contributed by atoms with E-state index in [2.05, 4.69) is 37.3 Å². The molecule has 0 heterocycles. The monoisotopic (exact) mass is 226 g/mol. The lowest BCUT2D eigenvalue weighted by Crippen LogP contribution is -2.14. The van der Waals surface area contributed by atoms with Crippen molar-refractivity contribution in [3.05, 3.63) is 35.9 Å². The van der Waals surface area contributed by atoms with Crippen LogP contribution < -0.4 is 6.15 Å². The smallest absolute Gasteiger partial charge is 0.0136 e. The van der Waals surface area contributed by atoms with Crippen LogP contribution in [0.15, 0.2) is 30.3 Å². The Morgan fingerprint density at radius 2 is 1.56 bits per heavy atom. The van der Waals surface area contributed by atoms with Crippen molar-refractivity contribution in [2.75, 3.05) is 0 Å². The highest BCUT2D eigenvalue weighted by Gasteiger charge is 2.22. The van der Waals surface area contributed by atoms with Crippen molar-refractivity contribution in [1.29, 1.82) is 0 Å². The maximum absolute atomic E-state index is 2.40. The number of rotatable bonds is 1. The highest BCUT2D eigenvalue weighted by molar-refractivity contribution is 5.20. The summed E-state index contributed by atoms with van der Waals surface area (Å²) >= 11 is 0. The molecular formula is C13H24NO2. The fraction of sp³-hybridized carbons (Fsp3) is 0.538. The molecule has 1 saturated carbocycles. The van der Waals surface area contributed by atoms with Gasteiger partial charge in [0.1, 0.15) is 0 Å². The topological polar surface area (TPSA) is 96.5 Å². The first kappa shape index (κ1) is 17.5. The molecule has 3 heteroatoms. The van der Waals surface area contributed by atoms with Gasteiger partial charge in [-0.3, -0.25) is 5.48 Å². The lowest BCUT2D eigenvalue weighted by Gasteiger charge is -2.29. The molecule has 2 unspecified atom stereocenters. The van der Waals surface area contributed by atoms with E-state index in [0.29, 0.717) is 0 Å². The molecule has 0 spiro atoms. The Morgan fingerprint density at radius 3 is 2.12 bits per heavy atom. The Labute approximate surface area is 98.1 Å². The van der Waals surface area contributed by atoms with Gasteiger partial charge < -0.3 is 11.6 Å². The second-order valence-corrected chi connectivity index (χ2v) is 4.28. The highest BCUT2D eigenvalue weighted by Crippen LogP contribution is 2.36. The Hall–Kier alpha value is -0.900. The molecule has 16 heavy (non-hydrogen) atoms. The third-order valence-electron chi connectivity index (χ3n) is 3.34. The van der Waals surface area contributed by atoms with Crippen molar-refractivity contribution in [1.82, 2.24) is 6.15 Å². The normalized spacial score (nSPS) is 23.3. The number of hydrogen-bond donors (Lipinski definition) is 2. The lowest BCUT2D eigenvalue weighted by molar-refractivity contribution is 0.330. The molecule has 0 aliphatic heterocycles. The van der Waals surface area contributed by atoms with Crippen LogP contribution in [0.25, 0.3) is 0 Å². The summed E-state index contributed by atoms with van der Waals surface area (Å²) in [6.45, 7) is 2.40. The van der Waals surface area contributed by atoms with Gasteiger partial charge in [-0.05, 0) is 23.8 Å². The van der Waals surface area contributed by atoms with Crippen molar-refractivity contribution in [3.8, 4) is 0 Å². The van der Waals surface area contributed by atoms with Gasteiger partial charge in [-0.1, -0.05) is 56.5 Å². The quantitative estimate of drug-likeness (QED) is 0.755. The maximum Gasteiger partial charge on any atom is -0.0136 e. The minimum absolute atomic E-state index is 0. The molecule has 1 radical (unpaired) electrons. The van der Waals surface area contributed by atoms with Gasteiger partial charge in [0.2, 0.25) is 0 Å². The zero-order valence-electron chi connectivity index (χ0n) is 10.0. The van der Waals surface area contributed by atoms with Gasteiger partial charge in [0, 0.05) is 0 Å². The molecular weight excluding hydrogens is 202 g/mol. The summed E-state index contributed by atoms with van der Waals surface area (Å²) in [5.74, 6) is 1.71. The van der Waals surface area contributed by atoms with E-state index in [0.717, 1.165) is 11.8 Å². The van der Waals surface area contributed by atoms with Crippen LogP contribution in [0.2, 0.25) is 0 Å². The fourth-order valence-corrected chi connectivity index (χ4v) is 2.51. The van der Waals surface area contributed by atoms with Crippen LogP contribution in [0, 0.1) is 5.92 Å². The van der Waals surface area contributed by atoms with Gasteiger partial charge in [0.25, 0.3) is 0 Å². The number of benzene rings is 1. The standard InChI is InChI=1S/C13H18.H3N.H2O.HO/c1-11-7-5-6-10-13(11)12-8-3-2-4-9-12;;;/h2-4,8-9,11,13H,5-7,10H2,1H3;1H3;1H2;1H. The van der Waals surface area contributed by atoms with Gasteiger partial charge in [-0.2, -0.15) is 0 Å². The van der Waals surface area contributed by atoms with E-state index in [1.54, 1.807) is 5.56 Å². The second kappa shape index (κ2) is 8.28. The molecule has 0 amide bonds. The van der Waals surface area contributed by atoms with Crippen molar-refractivity contribution in [2.24, 2.45) is 5.92 Å². The first-order chi connectivity index (χ1) is 6.38. The SMILES string of the molecule is CC1CCCCC1c1ccccc1.N.O.[OH]. The third-order valence-corrected chi connectivity index (χ3v) is 3.34.